The third kappa shape index (κ3) is 7.53. The predicted octanol–water partition coefficient (Wildman–Crippen LogP) is 3.95. The van der Waals surface area contributed by atoms with Crippen LogP contribution in [0.4, 0.5) is 5.69 Å². The van der Waals surface area contributed by atoms with E-state index < -0.39 is 0 Å². The van der Waals surface area contributed by atoms with E-state index in [9.17, 15) is 4.79 Å². The molecule has 1 saturated carbocycles. The molecule has 0 saturated heterocycles. The highest BCUT2D eigenvalue weighted by Gasteiger charge is 2.13. The van der Waals surface area contributed by atoms with Gasteiger partial charge in [0.15, 0.2) is 0 Å². The summed E-state index contributed by atoms with van der Waals surface area (Å²) in [5.74, 6) is 0.284. The molecule has 1 aliphatic rings. The first-order valence-corrected chi connectivity index (χ1v) is 9.13. The lowest BCUT2D eigenvalue weighted by molar-refractivity contribution is 0.0504. The van der Waals surface area contributed by atoms with Crippen LogP contribution in [0.2, 0.25) is 0 Å². The van der Waals surface area contributed by atoms with Crippen molar-refractivity contribution in [2.75, 3.05) is 25.5 Å². The van der Waals surface area contributed by atoms with E-state index in [0.717, 1.165) is 12.8 Å². The van der Waals surface area contributed by atoms with Crippen LogP contribution in [0.1, 0.15) is 62.2 Å². The third-order valence-corrected chi connectivity index (χ3v) is 4.37. The van der Waals surface area contributed by atoms with Gasteiger partial charge in [-0.3, -0.25) is 0 Å². The minimum Gasteiger partial charge on any atom is -0.491 e. The minimum absolute atomic E-state index is 0. The Morgan fingerprint density at radius 2 is 2.00 bits per heavy atom. The fraction of sp³-hybridized carbons (Fsp3) is 0.632. The number of halogens is 1. The van der Waals surface area contributed by atoms with E-state index in [1.165, 1.54) is 32.1 Å². The lowest BCUT2D eigenvalue weighted by Gasteiger charge is -2.22. The monoisotopic (exact) mass is 370 g/mol. The first-order chi connectivity index (χ1) is 11.7. The second-order valence-electron chi connectivity index (χ2n) is 6.38. The molecule has 1 aliphatic carbocycles. The zero-order valence-corrected chi connectivity index (χ0v) is 15.9. The quantitative estimate of drug-likeness (QED) is 0.391. The van der Waals surface area contributed by atoms with E-state index in [-0.39, 0.29) is 18.4 Å². The second kappa shape index (κ2) is 12.0. The van der Waals surface area contributed by atoms with Gasteiger partial charge in [-0.15, -0.1) is 12.4 Å². The SMILES string of the molecule is CCCCOc1ccc(C(=O)OCCNC2CCCCC2)cc1N.Cl. The normalized spacial score (nSPS) is 14.6. The van der Waals surface area contributed by atoms with Crippen LogP contribution < -0.4 is 15.8 Å². The molecule has 6 heteroatoms. The smallest absolute Gasteiger partial charge is 0.338 e. The number of carbonyl (C=O) groups excluding carboxylic acids is 1. The van der Waals surface area contributed by atoms with E-state index >= 15 is 0 Å². The largest absolute Gasteiger partial charge is 0.491 e. The summed E-state index contributed by atoms with van der Waals surface area (Å²) in [6.07, 6.45) is 8.43. The fourth-order valence-electron chi connectivity index (χ4n) is 2.93. The van der Waals surface area contributed by atoms with Gasteiger partial charge in [-0.05, 0) is 37.5 Å². The molecule has 3 N–H and O–H groups in total. The lowest BCUT2D eigenvalue weighted by Crippen LogP contribution is -2.33. The maximum atomic E-state index is 12.1. The number of nitrogen functional groups attached to an aromatic ring is 1. The third-order valence-electron chi connectivity index (χ3n) is 4.37. The summed E-state index contributed by atoms with van der Waals surface area (Å²) in [5.41, 5.74) is 6.89. The molecule has 0 amide bonds. The summed E-state index contributed by atoms with van der Waals surface area (Å²) in [5, 5.41) is 3.46. The van der Waals surface area contributed by atoms with Crippen LogP contribution >= 0.6 is 12.4 Å². The summed E-state index contributed by atoms with van der Waals surface area (Å²) >= 11 is 0. The van der Waals surface area contributed by atoms with Crippen molar-refractivity contribution in [1.29, 1.82) is 0 Å². The maximum absolute atomic E-state index is 12.1. The van der Waals surface area contributed by atoms with Crippen molar-refractivity contribution in [2.45, 2.75) is 57.9 Å². The van der Waals surface area contributed by atoms with Crippen molar-refractivity contribution in [3.63, 3.8) is 0 Å². The van der Waals surface area contributed by atoms with Crippen LogP contribution in [-0.2, 0) is 4.74 Å². The van der Waals surface area contributed by atoms with Crippen LogP contribution in [0.25, 0.3) is 0 Å². The van der Waals surface area contributed by atoms with Crippen molar-refractivity contribution in [3.05, 3.63) is 23.8 Å². The Morgan fingerprint density at radius 1 is 1.24 bits per heavy atom. The van der Waals surface area contributed by atoms with Gasteiger partial charge in [0.25, 0.3) is 0 Å². The zero-order valence-electron chi connectivity index (χ0n) is 15.1. The molecule has 0 aromatic heterocycles. The molecule has 0 radical (unpaired) electrons. The number of benzene rings is 1. The molecule has 2 rings (SSSR count). The number of ether oxygens (including phenoxy) is 2. The molecular formula is C19H31ClN2O3. The Bertz CT molecular complexity index is 519. The van der Waals surface area contributed by atoms with Crippen molar-refractivity contribution >= 4 is 24.1 Å². The maximum Gasteiger partial charge on any atom is 0.338 e. The van der Waals surface area contributed by atoms with E-state index in [1.54, 1.807) is 18.2 Å². The Morgan fingerprint density at radius 3 is 2.68 bits per heavy atom. The summed E-state index contributed by atoms with van der Waals surface area (Å²) in [7, 11) is 0. The number of nitrogens with two attached hydrogens (primary N) is 1. The molecule has 1 aromatic carbocycles. The number of esters is 1. The molecule has 142 valence electrons. The number of hydrogen-bond donors (Lipinski definition) is 2. The first-order valence-electron chi connectivity index (χ1n) is 9.13. The summed E-state index contributed by atoms with van der Waals surface area (Å²) in [4.78, 5) is 12.1. The van der Waals surface area contributed by atoms with E-state index in [1.807, 2.05) is 0 Å². The molecule has 0 heterocycles. The predicted molar refractivity (Wildman–Crippen MR) is 104 cm³/mol. The summed E-state index contributed by atoms with van der Waals surface area (Å²) in [6, 6.07) is 5.64. The number of rotatable bonds is 9. The minimum atomic E-state index is -0.341. The van der Waals surface area contributed by atoms with E-state index in [4.69, 9.17) is 15.2 Å². The van der Waals surface area contributed by atoms with Gasteiger partial charge in [0.2, 0.25) is 0 Å². The number of anilines is 1. The number of hydrogen-bond acceptors (Lipinski definition) is 5. The Hall–Kier alpha value is -1.46. The second-order valence-corrected chi connectivity index (χ2v) is 6.38. The average molecular weight is 371 g/mol. The highest BCUT2D eigenvalue weighted by atomic mass is 35.5. The highest BCUT2D eigenvalue weighted by molar-refractivity contribution is 5.91. The molecule has 1 fully saturated rings. The van der Waals surface area contributed by atoms with E-state index in [2.05, 4.69) is 12.2 Å². The number of unbranched alkanes of at least 4 members (excludes halogenated alkanes) is 1. The van der Waals surface area contributed by atoms with Crippen molar-refractivity contribution < 1.29 is 14.3 Å². The van der Waals surface area contributed by atoms with Crippen LogP contribution in [-0.4, -0.2) is 31.8 Å². The van der Waals surface area contributed by atoms with Crippen LogP contribution in [0.15, 0.2) is 18.2 Å². The van der Waals surface area contributed by atoms with Gasteiger partial charge >= 0.3 is 5.97 Å². The van der Waals surface area contributed by atoms with Crippen LogP contribution in [0.3, 0.4) is 0 Å². The van der Waals surface area contributed by atoms with E-state index in [0.29, 0.717) is 42.8 Å². The standard InChI is InChI=1S/C19H30N2O3.ClH/c1-2-3-12-23-18-10-9-15(14-17(18)20)19(22)24-13-11-21-16-7-5-4-6-8-16;/h9-10,14,16,21H,2-8,11-13,20H2,1H3;1H. The van der Waals surface area contributed by atoms with Crippen molar-refractivity contribution in [3.8, 4) is 5.75 Å². The Balaban J connectivity index is 0.00000312. The first kappa shape index (κ1) is 21.6. The molecule has 1 aromatic rings. The topological polar surface area (TPSA) is 73.6 Å². The molecule has 0 spiro atoms. The molecule has 0 atom stereocenters. The zero-order chi connectivity index (χ0) is 17.2. The summed E-state index contributed by atoms with van der Waals surface area (Å²) < 4.78 is 10.9. The molecule has 0 bridgehead atoms. The molecule has 0 aliphatic heterocycles. The lowest BCUT2D eigenvalue weighted by atomic mass is 9.96. The van der Waals surface area contributed by atoms with Gasteiger partial charge in [0.1, 0.15) is 12.4 Å². The summed E-state index contributed by atoms with van der Waals surface area (Å²) in [6.45, 7) is 3.82. The van der Waals surface area contributed by atoms with Crippen molar-refractivity contribution in [1.82, 2.24) is 5.32 Å². The molecule has 25 heavy (non-hydrogen) atoms. The number of carbonyl (C=O) groups is 1. The van der Waals surface area contributed by atoms with Gasteiger partial charge in [-0.25, -0.2) is 4.79 Å². The Labute approximate surface area is 157 Å². The molecule has 5 nitrogen and oxygen atoms in total. The molecule has 0 unspecified atom stereocenters. The highest BCUT2D eigenvalue weighted by Crippen LogP contribution is 2.23. The van der Waals surface area contributed by atoms with Gasteiger partial charge in [0, 0.05) is 12.6 Å². The van der Waals surface area contributed by atoms with Crippen LogP contribution in [0.5, 0.6) is 5.75 Å². The fourth-order valence-corrected chi connectivity index (χ4v) is 2.93. The molecular weight excluding hydrogens is 340 g/mol. The van der Waals surface area contributed by atoms with Gasteiger partial charge < -0.3 is 20.5 Å². The Kier molecular flexibility index (Phi) is 10.3. The van der Waals surface area contributed by atoms with Crippen molar-refractivity contribution in [2.24, 2.45) is 0 Å². The van der Waals surface area contributed by atoms with Gasteiger partial charge in [0.05, 0.1) is 17.9 Å². The van der Waals surface area contributed by atoms with Gasteiger partial charge in [-0.2, -0.15) is 0 Å². The van der Waals surface area contributed by atoms with Crippen LogP contribution in [0, 0.1) is 0 Å². The average Bonchev–Trinajstić information content (AvgIpc) is 2.61. The number of nitrogens with one attached hydrogen (secondary N) is 1. The van der Waals surface area contributed by atoms with Gasteiger partial charge in [-0.1, -0.05) is 32.6 Å².